The van der Waals surface area contributed by atoms with Gasteiger partial charge in [0, 0.05) is 37.9 Å². The molecule has 1 unspecified atom stereocenters. The van der Waals surface area contributed by atoms with Crippen LogP contribution in [-0.4, -0.2) is 57.9 Å². The Morgan fingerprint density at radius 1 is 1.30 bits per heavy atom. The van der Waals surface area contributed by atoms with E-state index in [9.17, 15) is 5.11 Å². The average Bonchev–Trinajstić information content (AvgIpc) is 3.07. The summed E-state index contributed by atoms with van der Waals surface area (Å²) in [7, 11) is 4.11. The van der Waals surface area contributed by atoms with Crippen molar-refractivity contribution in [2.75, 3.05) is 33.2 Å². The molecule has 5 heteroatoms. The number of likely N-dealkylation sites (N-methyl/N-ethyl adjacent to an activating group) is 1. The number of piperidine rings is 1. The highest BCUT2D eigenvalue weighted by molar-refractivity contribution is 5.22. The molecule has 0 spiro atoms. The summed E-state index contributed by atoms with van der Waals surface area (Å²) in [5.41, 5.74) is 1.44. The number of hydrogen-bond donors (Lipinski definition) is 1. The maximum Gasteiger partial charge on any atom is 0.0994 e. The molecule has 2 heterocycles. The zero-order valence-electron chi connectivity index (χ0n) is 17.2. The number of hydrogen-bond acceptors (Lipinski definition) is 4. The predicted molar refractivity (Wildman–Crippen MR) is 109 cm³/mol. The zero-order chi connectivity index (χ0) is 19.4. The minimum atomic E-state index is -0.848. The lowest BCUT2D eigenvalue weighted by Crippen LogP contribution is -2.45. The molecular weight excluding hydrogens is 336 g/mol. The summed E-state index contributed by atoms with van der Waals surface area (Å²) in [4.78, 5) is 4.87. The van der Waals surface area contributed by atoms with Gasteiger partial charge in [-0.15, -0.1) is 0 Å². The van der Waals surface area contributed by atoms with E-state index in [-0.39, 0.29) is 0 Å². The van der Waals surface area contributed by atoms with Crippen LogP contribution in [0.2, 0.25) is 0 Å². The summed E-state index contributed by atoms with van der Waals surface area (Å²) < 4.78 is 1.90. The first-order valence-corrected chi connectivity index (χ1v) is 10.1. The van der Waals surface area contributed by atoms with E-state index in [4.69, 9.17) is 0 Å². The maximum atomic E-state index is 11.0. The van der Waals surface area contributed by atoms with E-state index < -0.39 is 5.60 Å². The molecule has 1 saturated heterocycles. The first-order valence-electron chi connectivity index (χ1n) is 10.1. The Morgan fingerprint density at radius 3 is 2.67 bits per heavy atom. The molecule has 1 aromatic carbocycles. The highest BCUT2D eigenvalue weighted by Gasteiger charge is 2.34. The number of aromatic nitrogens is 2. The zero-order valence-corrected chi connectivity index (χ0v) is 17.2. The molecule has 1 aliphatic rings. The minimum absolute atomic E-state index is 0.404. The fourth-order valence-electron chi connectivity index (χ4n) is 4.65. The van der Waals surface area contributed by atoms with E-state index in [0.717, 1.165) is 25.2 Å². The molecule has 2 aromatic rings. The van der Waals surface area contributed by atoms with Crippen LogP contribution in [0.15, 0.2) is 42.7 Å². The molecule has 0 amide bonds. The van der Waals surface area contributed by atoms with Gasteiger partial charge in [-0.2, -0.15) is 5.10 Å². The van der Waals surface area contributed by atoms with Gasteiger partial charge >= 0.3 is 0 Å². The van der Waals surface area contributed by atoms with Gasteiger partial charge in [0.05, 0.1) is 11.8 Å². The molecule has 0 bridgehead atoms. The second-order valence-electron chi connectivity index (χ2n) is 8.26. The quantitative estimate of drug-likeness (QED) is 0.814. The standard InChI is InChI=1S/C22H34N4O/c1-5-26-13-9-10-18(21(26)19-14-23-25(4)16-19)15-24(3)17-22(2,27)20-11-7-6-8-12-20/h6-8,11-12,14,16,18,21,27H,5,9-10,13,15,17H2,1-4H3/t18-,21+,22?/m0/s1. The molecule has 0 saturated carbocycles. The van der Waals surface area contributed by atoms with Crippen LogP contribution >= 0.6 is 0 Å². The van der Waals surface area contributed by atoms with Crippen LogP contribution in [0.5, 0.6) is 0 Å². The molecule has 3 rings (SSSR count). The third kappa shape index (κ3) is 4.78. The number of rotatable bonds is 7. The van der Waals surface area contributed by atoms with E-state index in [1.54, 1.807) is 0 Å². The lowest BCUT2D eigenvalue weighted by atomic mass is 9.85. The van der Waals surface area contributed by atoms with Gasteiger partial charge in [0.25, 0.3) is 0 Å². The number of likely N-dealkylation sites (tertiary alicyclic amines) is 1. The van der Waals surface area contributed by atoms with E-state index >= 15 is 0 Å². The molecule has 3 atom stereocenters. The molecule has 148 valence electrons. The molecule has 1 aliphatic heterocycles. The SMILES string of the molecule is CCN1CCC[C@@H](CN(C)CC(C)(O)c2ccccc2)[C@@H]1c1cnn(C)c1. The molecule has 27 heavy (non-hydrogen) atoms. The minimum Gasteiger partial charge on any atom is -0.384 e. The topological polar surface area (TPSA) is 44.5 Å². The summed E-state index contributed by atoms with van der Waals surface area (Å²) in [5.74, 6) is 0.541. The molecule has 1 N–H and O–H groups in total. The van der Waals surface area contributed by atoms with E-state index in [1.807, 2.05) is 55.2 Å². The van der Waals surface area contributed by atoms with Gasteiger partial charge in [-0.25, -0.2) is 0 Å². The number of nitrogens with zero attached hydrogens (tertiary/aromatic N) is 4. The smallest absolute Gasteiger partial charge is 0.0994 e. The van der Waals surface area contributed by atoms with E-state index in [1.165, 1.54) is 18.4 Å². The van der Waals surface area contributed by atoms with Crippen LogP contribution in [-0.2, 0) is 12.6 Å². The van der Waals surface area contributed by atoms with Crippen molar-refractivity contribution in [1.29, 1.82) is 0 Å². The van der Waals surface area contributed by atoms with Crippen LogP contribution in [0.1, 0.15) is 43.9 Å². The summed E-state index contributed by atoms with van der Waals surface area (Å²) in [6, 6.07) is 10.4. The van der Waals surface area contributed by atoms with Gasteiger partial charge < -0.3 is 10.0 Å². The van der Waals surface area contributed by atoms with Crippen molar-refractivity contribution in [2.24, 2.45) is 13.0 Å². The summed E-state index contributed by atoms with van der Waals surface area (Å²) >= 11 is 0. The van der Waals surface area contributed by atoms with Gasteiger partial charge in [0.15, 0.2) is 0 Å². The van der Waals surface area contributed by atoms with Crippen LogP contribution in [0.25, 0.3) is 0 Å². The first kappa shape index (κ1) is 20.1. The lowest BCUT2D eigenvalue weighted by Gasteiger charge is -2.42. The largest absolute Gasteiger partial charge is 0.384 e. The Labute approximate surface area is 163 Å². The van der Waals surface area contributed by atoms with Crippen molar-refractivity contribution in [3.63, 3.8) is 0 Å². The van der Waals surface area contributed by atoms with Crippen LogP contribution < -0.4 is 0 Å². The second-order valence-corrected chi connectivity index (χ2v) is 8.26. The molecular formula is C22H34N4O. The Balaban J connectivity index is 1.72. The van der Waals surface area contributed by atoms with E-state index in [2.05, 4.69) is 35.1 Å². The van der Waals surface area contributed by atoms with Gasteiger partial charge in [-0.1, -0.05) is 37.3 Å². The van der Waals surface area contributed by atoms with E-state index in [0.29, 0.717) is 18.5 Å². The van der Waals surface area contributed by atoms with Crippen molar-refractivity contribution in [2.45, 2.75) is 38.3 Å². The van der Waals surface area contributed by atoms with Gasteiger partial charge in [-0.05, 0) is 51.4 Å². The predicted octanol–water partition coefficient (Wildman–Crippen LogP) is 3.03. The fraction of sp³-hybridized carbons (Fsp3) is 0.591. The summed E-state index contributed by atoms with van der Waals surface area (Å²) in [6.45, 7) is 7.96. The first-order chi connectivity index (χ1) is 12.9. The van der Waals surface area contributed by atoms with Gasteiger partial charge in [0.2, 0.25) is 0 Å². The van der Waals surface area contributed by atoms with Gasteiger partial charge in [0.1, 0.15) is 0 Å². The van der Waals surface area contributed by atoms with Crippen molar-refractivity contribution in [3.05, 3.63) is 53.9 Å². The van der Waals surface area contributed by atoms with Crippen LogP contribution in [0, 0.1) is 5.92 Å². The van der Waals surface area contributed by atoms with Crippen molar-refractivity contribution in [3.8, 4) is 0 Å². The number of aliphatic hydroxyl groups is 1. The molecule has 1 fully saturated rings. The third-order valence-corrected chi connectivity index (χ3v) is 5.85. The normalized spacial score (nSPS) is 23.5. The third-order valence-electron chi connectivity index (χ3n) is 5.85. The fourth-order valence-corrected chi connectivity index (χ4v) is 4.65. The van der Waals surface area contributed by atoms with Crippen LogP contribution in [0.4, 0.5) is 0 Å². The van der Waals surface area contributed by atoms with Crippen molar-refractivity contribution >= 4 is 0 Å². The Hall–Kier alpha value is -1.69. The maximum absolute atomic E-state index is 11.0. The molecule has 0 radical (unpaired) electrons. The Bertz CT molecular complexity index is 712. The highest BCUT2D eigenvalue weighted by atomic mass is 16.3. The van der Waals surface area contributed by atoms with Crippen LogP contribution in [0.3, 0.4) is 0 Å². The molecule has 0 aliphatic carbocycles. The number of benzene rings is 1. The monoisotopic (exact) mass is 370 g/mol. The molecule has 1 aromatic heterocycles. The van der Waals surface area contributed by atoms with Crippen molar-refractivity contribution < 1.29 is 5.11 Å². The van der Waals surface area contributed by atoms with Crippen molar-refractivity contribution in [1.82, 2.24) is 19.6 Å². The van der Waals surface area contributed by atoms with Gasteiger partial charge in [-0.3, -0.25) is 9.58 Å². The second kappa shape index (κ2) is 8.55. The summed E-state index contributed by atoms with van der Waals surface area (Å²) in [6.07, 6.45) is 6.63. The number of aryl methyl sites for hydroxylation is 1. The highest BCUT2D eigenvalue weighted by Crippen LogP contribution is 2.36. The Morgan fingerprint density at radius 2 is 2.04 bits per heavy atom. The molecule has 5 nitrogen and oxygen atoms in total. The Kier molecular flexibility index (Phi) is 6.35. The average molecular weight is 371 g/mol. The lowest BCUT2D eigenvalue weighted by molar-refractivity contribution is 0.00748. The summed E-state index contributed by atoms with van der Waals surface area (Å²) in [5, 5.41) is 15.4.